The zero-order valence-electron chi connectivity index (χ0n) is 15.4. The lowest BCUT2D eigenvalue weighted by Gasteiger charge is -2.22. The quantitative estimate of drug-likeness (QED) is 0.365. The number of nitrogens with zero attached hydrogens (tertiary/aromatic N) is 1. The van der Waals surface area contributed by atoms with E-state index in [1.807, 2.05) is 0 Å². The van der Waals surface area contributed by atoms with Crippen LogP contribution < -0.4 is 10.6 Å². The molecule has 1 fully saturated rings. The number of aliphatic imine (C=N–C) groups is 1. The van der Waals surface area contributed by atoms with Crippen molar-refractivity contribution in [2.45, 2.75) is 45.6 Å². The van der Waals surface area contributed by atoms with E-state index < -0.39 is 0 Å². The molecule has 0 atom stereocenters. The lowest BCUT2D eigenvalue weighted by Crippen LogP contribution is -2.42. The minimum atomic E-state index is -0.232. The molecule has 0 unspecified atom stereocenters. The Hall–Kier alpha value is -0.820. The summed E-state index contributed by atoms with van der Waals surface area (Å²) in [6.07, 6.45) is 3.72. The van der Waals surface area contributed by atoms with Crippen LogP contribution in [0.5, 0.6) is 0 Å². The van der Waals surface area contributed by atoms with Crippen molar-refractivity contribution in [2.75, 3.05) is 26.7 Å². The summed E-state index contributed by atoms with van der Waals surface area (Å²) in [5.74, 6) is 0.886. The average molecular weight is 445 g/mol. The van der Waals surface area contributed by atoms with Crippen molar-refractivity contribution in [2.24, 2.45) is 10.4 Å². The molecule has 0 bridgehead atoms. The fraction of sp³-hybridized carbons (Fsp3) is 0.632. The number of hydrogen-bond acceptors (Lipinski definition) is 2. The molecule has 0 spiro atoms. The molecule has 1 aromatic carbocycles. The summed E-state index contributed by atoms with van der Waals surface area (Å²) in [5, 5.41) is 6.85. The molecule has 1 aliphatic carbocycles. The molecule has 136 valence electrons. The van der Waals surface area contributed by atoms with E-state index in [0.717, 1.165) is 25.5 Å². The van der Waals surface area contributed by atoms with E-state index >= 15 is 0 Å². The second-order valence-electron chi connectivity index (χ2n) is 7.17. The number of halogens is 1. The highest BCUT2D eigenvalue weighted by molar-refractivity contribution is 14.0. The van der Waals surface area contributed by atoms with Gasteiger partial charge in [0.2, 0.25) is 0 Å². The van der Waals surface area contributed by atoms with Crippen molar-refractivity contribution in [3.8, 4) is 0 Å². The van der Waals surface area contributed by atoms with Crippen LogP contribution in [0.4, 0.5) is 0 Å². The van der Waals surface area contributed by atoms with E-state index in [0.29, 0.717) is 12.0 Å². The summed E-state index contributed by atoms with van der Waals surface area (Å²) in [4.78, 5) is 4.66. The van der Waals surface area contributed by atoms with Crippen LogP contribution in [0, 0.1) is 5.41 Å². The van der Waals surface area contributed by atoms with E-state index in [9.17, 15) is 0 Å². The van der Waals surface area contributed by atoms with Gasteiger partial charge < -0.3 is 15.4 Å². The van der Waals surface area contributed by atoms with Gasteiger partial charge in [0, 0.05) is 20.2 Å². The van der Waals surface area contributed by atoms with Gasteiger partial charge in [0.1, 0.15) is 0 Å². The minimum Gasteiger partial charge on any atom is -0.377 e. The predicted molar refractivity (Wildman–Crippen MR) is 112 cm³/mol. The Labute approximate surface area is 163 Å². The molecule has 2 rings (SSSR count). The molecular weight excluding hydrogens is 413 g/mol. The van der Waals surface area contributed by atoms with Crippen molar-refractivity contribution in [1.82, 2.24) is 10.6 Å². The molecular formula is C19H32IN3O. The maximum absolute atomic E-state index is 5.44. The molecule has 0 saturated heterocycles. The van der Waals surface area contributed by atoms with E-state index in [-0.39, 0.29) is 29.6 Å². The van der Waals surface area contributed by atoms with Crippen molar-refractivity contribution < 1.29 is 4.74 Å². The largest absolute Gasteiger partial charge is 0.377 e. The first-order valence-corrected chi connectivity index (χ1v) is 8.60. The lowest BCUT2D eigenvalue weighted by atomic mass is 9.96. The average Bonchev–Trinajstić information content (AvgIpc) is 3.31. The molecule has 1 aliphatic rings. The Balaban J connectivity index is 0.00000288. The summed E-state index contributed by atoms with van der Waals surface area (Å²) in [6.45, 7) is 8.68. The molecule has 2 N–H and O–H groups in total. The molecule has 0 aromatic heterocycles. The van der Waals surface area contributed by atoms with Gasteiger partial charge in [-0.25, -0.2) is 0 Å². The summed E-state index contributed by atoms with van der Waals surface area (Å²) >= 11 is 0. The SMILES string of the molecule is CCNC(=NCC(C)(C)OC)NCC1(Cc2ccccc2)CC1.I. The van der Waals surface area contributed by atoms with Crippen molar-refractivity contribution in [3.05, 3.63) is 35.9 Å². The van der Waals surface area contributed by atoms with Crippen molar-refractivity contribution >= 4 is 29.9 Å². The van der Waals surface area contributed by atoms with Crippen LogP contribution in [-0.2, 0) is 11.2 Å². The number of rotatable bonds is 8. The smallest absolute Gasteiger partial charge is 0.191 e. The van der Waals surface area contributed by atoms with Crippen molar-refractivity contribution in [3.63, 3.8) is 0 Å². The zero-order chi connectivity index (χ0) is 16.8. The molecule has 0 heterocycles. The minimum absolute atomic E-state index is 0. The first-order valence-electron chi connectivity index (χ1n) is 8.60. The van der Waals surface area contributed by atoms with Crippen LogP contribution >= 0.6 is 24.0 Å². The highest BCUT2D eigenvalue weighted by Crippen LogP contribution is 2.47. The first kappa shape index (κ1) is 21.2. The monoisotopic (exact) mass is 445 g/mol. The Morgan fingerprint density at radius 2 is 1.88 bits per heavy atom. The maximum atomic E-state index is 5.44. The molecule has 0 radical (unpaired) electrons. The number of ether oxygens (including phenoxy) is 1. The number of guanidine groups is 1. The Morgan fingerprint density at radius 1 is 1.21 bits per heavy atom. The van der Waals surface area contributed by atoms with Crippen LogP contribution in [-0.4, -0.2) is 38.3 Å². The maximum Gasteiger partial charge on any atom is 0.191 e. The second kappa shape index (κ2) is 9.61. The summed E-state index contributed by atoms with van der Waals surface area (Å²) in [6, 6.07) is 10.8. The fourth-order valence-corrected chi connectivity index (χ4v) is 2.57. The molecule has 5 heteroatoms. The highest BCUT2D eigenvalue weighted by atomic mass is 127. The number of methoxy groups -OCH3 is 1. The third-order valence-corrected chi connectivity index (χ3v) is 4.52. The summed E-state index contributed by atoms with van der Waals surface area (Å²) in [5.41, 5.74) is 1.59. The van der Waals surface area contributed by atoms with Crippen LogP contribution in [0.25, 0.3) is 0 Å². The summed E-state index contributed by atoms with van der Waals surface area (Å²) in [7, 11) is 1.73. The normalized spacial score (nSPS) is 16.2. The van der Waals surface area contributed by atoms with Gasteiger partial charge in [-0.3, -0.25) is 4.99 Å². The topological polar surface area (TPSA) is 45.7 Å². The fourth-order valence-electron chi connectivity index (χ4n) is 2.57. The molecule has 4 nitrogen and oxygen atoms in total. The Kier molecular flexibility index (Phi) is 8.50. The first-order chi connectivity index (χ1) is 11.0. The van der Waals surface area contributed by atoms with Gasteiger partial charge in [-0.1, -0.05) is 30.3 Å². The number of hydrogen-bond donors (Lipinski definition) is 2. The predicted octanol–water partition coefficient (Wildman–Crippen LogP) is 3.61. The van der Waals surface area contributed by atoms with Gasteiger partial charge >= 0.3 is 0 Å². The molecule has 1 aromatic rings. The van der Waals surface area contributed by atoms with Gasteiger partial charge in [0.05, 0.1) is 12.1 Å². The summed E-state index contributed by atoms with van der Waals surface area (Å²) < 4.78 is 5.44. The molecule has 24 heavy (non-hydrogen) atoms. The van der Waals surface area contributed by atoms with Crippen molar-refractivity contribution in [1.29, 1.82) is 0 Å². The molecule has 1 saturated carbocycles. The van der Waals surface area contributed by atoms with Gasteiger partial charge in [-0.05, 0) is 51.0 Å². The van der Waals surface area contributed by atoms with E-state index in [4.69, 9.17) is 4.74 Å². The lowest BCUT2D eigenvalue weighted by molar-refractivity contribution is 0.0310. The van der Waals surface area contributed by atoms with E-state index in [1.165, 1.54) is 18.4 Å². The van der Waals surface area contributed by atoms with E-state index in [1.54, 1.807) is 7.11 Å². The van der Waals surface area contributed by atoms with Gasteiger partial charge in [0.15, 0.2) is 5.96 Å². The van der Waals surface area contributed by atoms with Gasteiger partial charge in [-0.2, -0.15) is 0 Å². The third kappa shape index (κ3) is 6.97. The second-order valence-corrected chi connectivity index (χ2v) is 7.17. The third-order valence-electron chi connectivity index (χ3n) is 4.52. The van der Waals surface area contributed by atoms with Crippen LogP contribution in [0.1, 0.15) is 39.2 Å². The molecule has 0 amide bonds. The zero-order valence-corrected chi connectivity index (χ0v) is 17.7. The highest BCUT2D eigenvalue weighted by Gasteiger charge is 2.42. The number of benzene rings is 1. The van der Waals surface area contributed by atoms with Crippen LogP contribution in [0.15, 0.2) is 35.3 Å². The standard InChI is InChI=1S/C19H31N3O.HI/c1-5-20-17(21-14-18(2,3)23-4)22-15-19(11-12-19)13-16-9-7-6-8-10-16;/h6-10H,5,11-15H2,1-4H3,(H2,20,21,22);1H. The van der Waals surface area contributed by atoms with Crippen LogP contribution in [0.3, 0.4) is 0 Å². The van der Waals surface area contributed by atoms with Gasteiger partial charge in [0.25, 0.3) is 0 Å². The molecule has 0 aliphatic heterocycles. The Morgan fingerprint density at radius 3 is 2.42 bits per heavy atom. The number of nitrogens with one attached hydrogen (secondary N) is 2. The van der Waals surface area contributed by atoms with Crippen LogP contribution in [0.2, 0.25) is 0 Å². The van der Waals surface area contributed by atoms with Gasteiger partial charge in [-0.15, -0.1) is 24.0 Å². The van der Waals surface area contributed by atoms with E-state index in [2.05, 4.69) is 66.7 Å². The Bertz CT molecular complexity index is 513.